The molecule has 6 heteroatoms. The Hall–Kier alpha value is -0.750. The molecule has 0 saturated carbocycles. The van der Waals surface area contributed by atoms with Crippen LogP contribution in [0.25, 0.3) is 0 Å². The predicted octanol–water partition coefficient (Wildman–Crippen LogP) is 1.32. The molecule has 0 N–H and O–H groups in total. The number of carbonyl (C=O) groups excluding carboxylic acids is 1. The van der Waals surface area contributed by atoms with Gasteiger partial charge in [0.1, 0.15) is 15.5 Å². The summed E-state index contributed by atoms with van der Waals surface area (Å²) in [6, 6.07) is 0. The van der Waals surface area contributed by atoms with Crippen LogP contribution in [0, 0.1) is 5.92 Å². The van der Waals surface area contributed by atoms with E-state index in [0.717, 1.165) is 30.6 Å². The zero-order valence-electron chi connectivity index (χ0n) is 8.76. The first-order valence-electron chi connectivity index (χ1n) is 5.19. The molecule has 0 amide bonds. The highest BCUT2D eigenvalue weighted by Gasteiger charge is 2.24. The molecule has 1 aliphatic heterocycles. The highest BCUT2D eigenvalue weighted by Crippen LogP contribution is 2.24. The third-order valence-electron chi connectivity index (χ3n) is 2.83. The van der Waals surface area contributed by atoms with Gasteiger partial charge in [0.25, 0.3) is 0 Å². The molecule has 0 aliphatic carbocycles. The van der Waals surface area contributed by atoms with E-state index < -0.39 is 9.84 Å². The maximum absolute atomic E-state index is 11.2. The van der Waals surface area contributed by atoms with Crippen LogP contribution in [0.2, 0.25) is 0 Å². The summed E-state index contributed by atoms with van der Waals surface area (Å²) in [5, 5.41) is 2.67. The number of hydrogen-bond acceptors (Lipinski definition) is 5. The maximum atomic E-state index is 11.2. The minimum atomic E-state index is -2.78. The predicted molar refractivity (Wildman–Crippen MR) is 62.6 cm³/mol. The lowest BCUT2D eigenvalue weighted by Gasteiger charge is -2.20. The summed E-state index contributed by atoms with van der Waals surface area (Å²) in [6.07, 6.45) is 2.98. The van der Waals surface area contributed by atoms with Gasteiger partial charge in [-0.2, -0.15) is 0 Å². The van der Waals surface area contributed by atoms with E-state index in [1.54, 1.807) is 5.38 Å². The van der Waals surface area contributed by atoms with Gasteiger partial charge in [-0.1, -0.05) is 0 Å². The molecule has 0 radical (unpaired) electrons. The first-order valence-corrected chi connectivity index (χ1v) is 7.89. The Kier molecular flexibility index (Phi) is 3.39. The zero-order chi connectivity index (χ0) is 11.6. The van der Waals surface area contributed by atoms with Crippen molar-refractivity contribution in [3.05, 3.63) is 16.1 Å². The molecule has 2 heterocycles. The van der Waals surface area contributed by atoms with Crippen molar-refractivity contribution in [2.75, 3.05) is 11.5 Å². The van der Waals surface area contributed by atoms with E-state index in [4.69, 9.17) is 0 Å². The number of thiazole rings is 1. The second-order valence-corrected chi connectivity index (χ2v) is 7.33. The summed E-state index contributed by atoms with van der Waals surface area (Å²) in [5.41, 5.74) is 0.475. The van der Waals surface area contributed by atoms with Crippen molar-refractivity contribution in [3.63, 3.8) is 0 Å². The van der Waals surface area contributed by atoms with Crippen molar-refractivity contribution in [1.82, 2.24) is 4.98 Å². The Morgan fingerprint density at radius 2 is 2.12 bits per heavy atom. The van der Waals surface area contributed by atoms with Crippen LogP contribution in [0.1, 0.15) is 28.3 Å². The number of aromatic nitrogens is 1. The Morgan fingerprint density at radius 3 is 2.69 bits per heavy atom. The number of nitrogens with zero attached hydrogens (tertiary/aromatic N) is 1. The lowest BCUT2D eigenvalue weighted by molar-refractivity contribution is 0.111. The number of hydrogen-bond donors (Lipinski definition) is 0. The van der Waals surface area contributed by atoms with Crippen molar-refractivity contribution in [3.8, 4) is 0 Å². The summed E-state index contributed by atoms with van der Waals surface area (Å²) in [5.74, 6) is 0.988. The fourth-order valence-electron chi connectivity index (χ4n) is 1.86. The molecule has 4 nitrogen and oxygen atoms in total. The second-order valence-electron chi connectivity index (χ2n) is 4.08. The monoisotopic (exact) mass is 259 g/mol. The van der Waals surface area contributed by atoms with E-state index in [0.29, 0.717) is 23.1 Å². The smallest absolute Gasteiger partial charge is 0.169 e. The van der Waals surface area contributed by atoms with Gasteiger partial charge in [0, 0.05) is 11.8 Å². The van der Waals surface area contributed by atoms with Gasteiger partial charge in [0.05, 0.1) is 16.5 Å². The molecular weight excluding hydrogens is 246 g/mol. The minimum absolute atomic E-state index is 0.295. The Labute approximate surface area is 98.6 Å². The summed E-state index contributed by atoms with van der Waals surface area (Å²) < 4.78 is 22.5. The normalized spacial score (nSPS) is 20.8. The second kappa shape index (κ2) is 4.63. The molecule has 1 saturated heterocycles. The molecule has 0 bridgehead atoms. The fraction of sp³-hybridized carbons (Fsp3) is 0.600. The van der Waals surface area contributed by atoms with Crippen molar-refractivity contribution in [2.45, 2.75) is 19.3 Å². The van der Waals surface area contributed by atoms with Crippen LogP contribution < -0.4 is 0 Å². The molecule has 1 aromatic heterocycles. The molecule has 0 atom stereocenters. The number of carbonyl (C=O) groups is 1. The van der Waals surface area contributed by atoms with Crippen LogP contribution in [-0.4, -0.2) is 31.2 Å². The fourth-order valence-corrected chi connectivity index (χ4v) is 4.31. The molecule has 88 valence electrons. The van der Waals surface area contributed by atoms with Gasteiger partial charge in [-0.25, -0.2) is 13.4 Å². The zero-order valence-corrected chi connectivity index (χ0v) is 10.4. The van der Waals surface area contributed by atoms with Gasteiger partial charge in [0.15, 0.2) is 6.29 Å². The molecule has 0 aromatic carbocycles. The number of rotatable bonds is 3. The van der Waals surface area contributed by atoms with Crippen molar-refractivity contribution in [1.29, 1.82) is 0 Å². The van der Waals surface area contributed by atoms with E-state index in [-0.39, 0.29) is 0 Å². The van der Waals surface area contributed by atoms with Gasteiger partial charge < -0.3 is 0 Å². The van der Waals surface area contributed by atoms with E-state index in [2.05, 4.69) is 4.98 Å². The van der Waals surface area contributed by atoms with Crippen LogP contribution in [-0.2, 0) is 16.3 Å². The molecule has 16 heavy (non-hydrogen) atoms. The molecule has 1 aliphatic rings. The molecule has 1 aromatic rings. The standard InChI is InChI=1S/C10H13NO3S2/c12-6-9-7-15-10(11-9)5-8-1-3-16(13,14)4-2-8/h6-8H,1-5H2. The van der Waals surface area contributed by atoms with Gasteiger partial charge in [-0.05, 0) is 18.8 Å². The molecule has 0 spiro atoms. The summed E-state index contributed by atoms with van der Waals surface area (Å²) in [6.45, 7) is 0. The number of sulfone groups is 1. The summed E-state index contributed by atoms with van der Waals surface area (Å²) in [7, 11) is -2.78. The molecule has 0 unspecified atom stereocenters. The summed E-state index contributed by atoms with van der Waals surface area (Å²) in [4.78, 5) is 14.6. The van der Waals surface area contributed by atoms with Crippen LogP contribution >= 0.6 is 11.3 Å². The Balaban J connectivity index is 1.94. The van der Waals surface area contributed by atoms with Gasteiger partial charge in [0.2, 0.25) is 0 Å². The third-order valence-corrected chi connectivity index (χ3v) is 5.43. The summed E-state index contributed by atoms with van der Waals surface area (Å²) >= 11 is 1.48. The molecular formula is C10H13NO3S2. The lowest BCUT2D eigenvalue weighted by Crippen LogP contribution is -2.24. The first-order chi connectivity index (χ1) is 7.59. The highest BCUT2D eigenvalue weighted by molar-refractivity contribution is 7.91. The third kappa shape index (κ3) is 2.89. The van der Waals surface area contributed by atoms with E-state index in [1.807, 2.05) is 0 Å². The minimum Gasteiger partial charge on any atom is -0.296 e. The Bertz CT molecular complexity index is 464. The maximum Gasteiger partial charge on any atom is 0.169 e. The van der Waals surface area contributed by atoms with E-state index >= 15 is 0 Å². The SMILES string of the molecule is O=Cc1csc(CC2CCS(=O)(=O)CC2)n1. The van der Waals surface area contributed by atoms with E-state index in [9.17, 15) is 13.2 Å². The quantitative estimate of drug-likeness (QED) is 0.768. The van der Waals surface area contributed by atoms with Gasteiger partial charge in [-0.3, -0.25) is 4.79 Å². The average molecular weight is 259 g/mol. The van der Waals surface area contributed by atoms with Gasteiger partial charge >= 0.3 is 0 Å². The van der Waals surface area contributed by atoms with Crippen molar-refractivity contribution in [2.24, 2.45) is 5.92 Å². The van der Waals surface area contributed by atoms with Gasteiger partial charge in [-0.15, -0.1) is 11.3 Å². The molecule has 2 rings (SSSR count). The van der Waals surface area contributed by atoms with Crippen LogP contribution in [0.4, 0.5) is 0 Å². The largest absolute Gasteiger partial charge is 0.296 e. The highest BCUT2D eigenvalue weighted by atomic mass is 32.2. The average Bonchev–Trinajstić information content (AvgIpc) is 2.69. The van der Waals surface area contributed by atoms with Crippen LogP contribution in [0.5, 0.6) is 0 Å². The lowest BCUT2D eigenvalue weighted by atomic mass is 9.99. The van der Waals surface area contributed by atoms with Crippen LogP contribution in [0.15, 0.2) is 5.38 Å². The Morgan fingerprint density at radius 1 is 1.44 bits per heavy atom. The van der Waals surface area contributed by atoms with Crippen LogP contribution in [0.3, 0.4) is 0 Å². The van der Waals surface area contributed by atoms with Crippen molar-refractivity contribution >= 4 is 27.5 Å². The van der Waals surface area contributed by atoms with Crippen molar-refractivity contribution < 1.29 is 13.2 Å². The topological polar surface area (TPSA) is 64.1 Å². The first kappa shape index (κ1) is 11.7. The van der Waals surface area contributed by atoms with E-state index in [1.165, 1.54) is 11.3 Å². The molecule has 1 fully saturated rings. The number of aldehydes is 1.